The van der Waals surface area contributed by atoms with Crippen LogP contribution in [-0.4, -0.2) is 16.3 Å². The number of nitrogens with two attached hydrogens (primary N) is 1. The molecule has 0 fully saturated rings. The summed E-state index contributed by atoms with van der Waals surface area (Å²) >= 11 is 0. The SMILES string of the molecule is Cc1cc(CC(C)N)c(O)c(O)c1C. The molecule has 78 valence electrons. The van der Waals surface area contributed by atoms with Gasteiger partial charge >= 0.3 is 0 Å². The maximum Gasteiger partial charge on any atom is 0.161 e. The second-order valence-corrected chi connectivity index (χ2v) is 3.86. The maximum atomic E-state index is 9.65. The average Bonchev–Trinajstić information content (AvgIpc) is 2.10. The third-order valence-corrected chi connectivity index (χ3v) is 2.41. The molecule has 1 rings (SSSR count). The predicted octanol–water partition coefficient (Wildman–Crippen LogP) is 1.60. The number of hydrogen-bond acceptors (Lipinski definition) is 3. The second kappa shape index (κ2) is 3.88. The van der Waals surface area contributed by atoms with Crippen LogP contribution in [0.2, 0.25) is 0 Å². The van der Waals surface area contributed by atoms with Crippen molar-refractivity contribution in [1.82, 2.24) is 0 Å². The molecule has 4 N–H and O–H groups in total. The zero-order chi connectivity index (χ0) is 10.9. The Hall–Kier alpha value is -1.22. The van der Waals surface area contributed by atoms with E-state index < -0.39 is 0 Å². The van der Waals surface area contributed by atoms with E-state index in [0.717, 1.165) is 11.1 Å². The normalized spacial score (nSPS) is 12.9. The molecule has 0 aliphatic heterocycles. The molecule has 0 heterocycles. The topological polar surface area (TPSA) is 66.5 Å². The Kier molecular flexibility index (Phi) is 3.01. The number of benzene rings is 1. The van der Waals surface area contributed by atoms with Gasteiger partial charge in [0.2, 0.25) is 0 Å². The van der Waals surface area contributed by atoms with E-state index in [1.165, 1.54) is 0 Å². The number of rotatable bonds is 2. The highest BCUT2D eigenvalue weighted by molar-refractivity contribution is 5.53. The van der Waals surface area contributed by atoms with Gasteiger partial charge in [-0.1, -0.05) is 6.07 Å². The van der Waals surface area contributed by atoms with Crippen LogP contribution in [0.5, 0.6) is 11.5 Å². The van der Waals surface area contributed by atoms with E-state index in [9.17, 15) is 10.2 Å². The Bertz CT molecular complexity index is 346. The highest BCUT2D eigenvalue weighted by atomic mass is 16.3. The summed E-state index contributed by atoms with van der Waals surface area (Å²) in [6.45, 7) is 5.55. The molecule has 0 aliphatic carbocycles. The Balaban J connectivity index is 3.19. The number of phenolic OH excluding ortho intramolecular Hbond substituents is 2. The lowest BCUT2D eigenvalue weighted by Gasteiger charge is -2.12. The van der Waals surface area contributed by atoms with Gasteiger partial charge in [0, 0.05) is 6.04 Å². The van der Waals surface area contributed by atoms with Crippen molar-refractivity contribution in [2.75, 3.05) is 0 Å². The second-order valence-electron chi connectivity index (χ2n) is 3.86. The Morgan fingerprint density at radius 3 is 2.36 bits per heavy atom. The summed E-state index contributed by atoms with van der Waals surface area (Å²) in [7, 11) is 0. The van der Waals surface area contributed by atoms with Gasteiger partial charge in [-0.3, -0.25) is 0 Å². The zero-order valence-electron chi connectivity index (χ0n) is 8.83. The molecular weight excluding hydrogens is 178 g/mol. The molecule has 0 amide bonds. The number of phenols is 2. The molecule has 3 nitrogen and oxygen atoms in total. The van der Waals surface area contributed by atoms with Crippen molar-refractivity contribution in [3.05, 3.63) is 22.8 Å². The van der Waals surface area contributed by atoms with Gasteiger partial charge in [-0.25, -0.2) is 0 Å². The Morgan fingerprint density at radius 2 is 1.86 bits per heavy atom. The van der Waals surface area contributed by atoms with E-state index in [1.807, 2.05) is 19.9 Å². The van der Waals surface area contributed by atoms with Gasteiger partial charge in [0.1, 0.15) is 0 Å². The van der Waals surface area contributed by atoms with Crippen LogP contribution in [0.15, 0.2) is 6.07 Å². The monoisotopic (exact) mass is 195 g/mol. The smallest absolute Gasteiger partial charge is 0.161 e. The van der Waals surface area contributed by atoms with Crippen molar-refractivity contribution >= 4 is 0 Å². The van der Waals surface area contributed by atoms with Gasteiger partial charge in [0.15, 0.2) is 11.5 Å². The van der Waals surface area contributed by atoms with Crippen molar-refractivity contribution in [3.8, 4) is 11.5 Å². The Labute approximate surface area is 84.2 Å². The lowest BCUT2D eigenvalue weighted by Crippen LogP contribution is -2.18. The maximum absolute atomic E-state index is 9.65. The summed E-state index contributed by atoms with van der Waals surface area (Å²) in [6.07, 6.45) is 0.570. The van der Waals surface area contributed by atoms with Gasteiger partial charge in [-0.2, -0.15) is 0 Å². The molecule has 0 aliphatic rings. The lowest BCUT2D eigenvalue weighted by molar-refractivity contribution is 0.395. The minimum Gasteiger partial charge on any atom is -0.504 e. The molecule has 0 radical (unpaired) electrons. The van der Waals surface area contributed by atoms with Crippen LogP contribution < -0.4 is 5.73 Å². The first-order valence-corrected chi connectivity index (χ1v) is 4.70. The van der Waals surface area contributed by atoms with Crippen molar-refractivity contribution < 1.29 is 10.2 Å². The third kappa shape index (κ3) is 1.99. The van der Waals surface area contributed by atoms with E-state index in [4.69, 9.17) is 5.73 Å². The molecule has 14 heavy (non-hydrogen) atoms. The van der Waals surface area contributed by atoms with Crippen molar-refractivity contribution in [1.29, 1.82) is 0 Å². The summed E-state index contributed by atoms with van der Waals surface area (Å²) in [6, 6.07) is 1.84. The van der Waals surface area contributed by atoms with E-state index in [-0.39, 0.29) is 17.5 Å². The number of aryl methyl sites for hydroxylation is 1. The largest absolute Gasteiger partial charge is 0.504 e. The molecule has 0 saturated carbocycles. The number of hydrogen-bond donors (Lipinski definition) is 3. The van der Waals surface area contributed by atoms with E-state index in [1.54, 1.807) is 6.92 Å². The first-order valence-electron chi connectivity index (χ1n) is 4.70. The van der Waals surface area contributed by atoms with E-state index in [0.29, 0.717) is 12.0 Å². The predicted molar refractivity (Wildman–Crippen MR) is 56.6 cm³/mol. The first kappa shape index (κ1) is 10.9. The van der Waals surface area contributed by atoms with Crippen LogP contribution in [0.1, 0.15) is 23.6 Å². The minimum absolute atomic E-state index is 0.0255. The fourth-order valence-electron chi connectivity index (χ4n) is 1.46. The van der Waals surface area contributed by atoms with Crippen molar-refractivity contribution in [2.45, 2.75) is 33.2 Å². The van der Waals surface area contributed by atoms with Gasteiger partial charge in [-0.05, 0) is 43.9 Å². The highest BCUT2D eigenvalue weighted by Crippen LogP contribution is 2.34. The van der Waals surface area contributed by atoms with Crippen LogP contribution in [0.25, 0.3) is 0 Å². The van der Waals surface area contributed by atoms with Gasteiger partial charge in [-0.15, -0.1) is 0 Å². The van der Waals surface area contributed by atoms with Gasteiger partial charge < -0.3 is 15.9 Å². The van der Waals surface area contributed by atoms with Crippen LogP contribution in [0.3, 0.4) is 0 Å². The van der Waals surface area contributed by atoms with Crippen LogP contribution in [0.4, 0.5) is 0 Å². The first-order chi connectivity index (χ1) is 6.43. The lowest BCUT2D eigenvalue weighted by atomic mass is 9.99. The fourth-order valence-corrected chi connectivity index (χ4v) is 1.46. The molecule has 0 bridgehead atoms. The zero-order valence-corrected chi connectivity index (χ0v) is 8.83. The van der Waals surface area contributed by atoms with Crippen molar-refractivity contribution in [3.63, 3.8) is 0 Å². The van der Waals surface area contributed by atoms with E-state index in [2.05, 4.69) is 0 Å². The fraction of sp³-hybridized carbons (Fsp3) is 0.455. The minimum atomic E-state index is -0.0367. The molecule has 3 heteroatoms. The molecule has 1 unspecified atom stereocenters. The van der Waals surface area contributed by atoms with Crippen molar-refractivity contribution in [2.24, 2.45) is 5.73 Å². The highest BCUT2D eigenvalue weighted by Gasteiger charge is 2.12. The summed E-state index contributed by atoms with van der Waals surface area (Å²) in [5, 5.41) is 19.2. The summed E-state index contributed by atoms with van der Waals surface area (Å²) < 4.78 is 0. The standard InChI is InChI=1S/C11H17NO2/c1-6-4-9(5-7(2)12)11(14)10(13)8(6)3/h4,7,13-14H,5,12H2,1-3H3. The van der Waals surface area contributed by atoms with Gasteiger partial charge in [0.25, 0.3) is 0 Å². The van der Waals surface area contributed by atoms with Crippen LogP contribution in [0, 0.1) is 13.8 Å². The quantitative estimate of drug-likeness (QED) is 0.628. The molecule has 0 saturated heterocycles. The molecule has 1 aromatic carbocycles. The Morgan fingerprint density at radius 1 is 1.29 bits per heavy atom. The summed E-state index contributed by atoms with van der Waals surface area (Å²) in [5.41, 5.74) is 8.03. The molecule has 0 aromatic heterocycles. The summed E-state index contributed by atoms with van der Waals surface area (Å²) in [4.78, 5) is 0. The molecular formula is C11H17NO2. The summed E-state index contributed by atoms with van der Waals surface area (Å²) in [5.74, 6) is -0.0638. The number of aromatic hydroxyl groups is 2. The third-order valence-electron chi connectivity index (χ3n) is 2.41. The average molecular weight is 195 g/mol. The van der Waals surface area contributed by atoms with Crippen LogP contribution in [-0.2, 0) is 6.42 Å². The van der Waals surface area contributed by atoms with Gasteiger partial charge in [0.05, 0.1) is 0 Å². The van der Waals surface area contributed by atoms with E-state index >= 15 is 0 Å². The van der Waals surface area contributed by atoms with Crippen LogP contribution >= 0.6 is 0 Å². The molecule has 1 aromatic rings. The molecule has 1 atom stereocenters. The molecule has 0 spiro atoms.